The van der Waals surface area contributed by atoms with Gasteiger partial charge in [0.25, 0.3) is 0 Å². The van der Waals surface area contributed by atoms with E-state index in [0.717, 1.165) is 44.9 Å². The lowest BCUT2D eigenvalue weighted by atomic mass is 10.1. The molecule has 2 aromatic heterocycles. The van der Waals surface area contributed by atoms with Crippen molar-refractivity contribution >= 4 is 11.3 Å². The maximum absolute atomic E-state index is 12.7. The number of aromatic nitrogens is 2. The molecule has 5 nitrogen and oxygen atoms in total. The van der Waals surface area contributed by atoms with Gasteiger partial charge in [0.05, 0.1) is 12.1 Å². The van der Waals surface area contributed by atoms with Crippen LogP contribution in [-0.2, 0) is 19.3 Å². The van der Waals surface area contributed by atoms with Crippen molar-refractivity contribution in [3.63, 3.8) is 0 Å². The number of benzene rings is 1. The highest BCUT2D eigenvalue weighted by molar-refractivity contribution is 7.07. The van der Waals surface area contributed by atoms with Gasteiger partial charge in [-0.2, -0.15) is 29.5 Å². The lowest BCUT2D eigenvalue weighted by Crippen LogP contribution is -2.45. The lowest BCUT2D eigenvalue weighted by Gasteiger charge is -2.33. The van der Waals surface area contributed by atoms with E-state index in [9.17, 15) is 13.2 Å². The predicted molar refractivity (Wildman–Crippen MR) is 99.6 cm³/mol. The van der Waals surface area contributed by atoms with Gasteiger partial charge in [-0.05, 0) is 34.5 Å². The van der Waals surface area contributed by atoms with Gasteiger partial charge in [-0.25, -0.2) is 0 Å². The van der Waals surface area contributed by atoms with Gasteiger partial charge in [-0.1, -0.05) is 17.3 Å². The summed E-state index contributed by atoms with van der Waals surface area (Å²) in [5.74, 6) is 0.779. The first kappa shape index (κ1) is 19.1. The number of halogens is 3. The third-order valence-corrected chi connectivity index (χ3v) is 5.48. The van der Waals surface area contributed by atoms with Crippen LogP contribution in [0.1, 0.15) is 17.0 Å². The van der Waals surface area contributed by atoms with Gasteiger partial charge in [0, 0.05) is 38.3 Å². The van der Waals surface area contributed by atoms with Gasteiger partial charge in [-0.3, -0.25) is 9.80 Å². The third kappa shape index (κ3) is 4.60. The van der Waals surface area contributed by atoms with Crippen LogP contribution in [0.4, 0.5) is 13.2 Å². The molecule has 3 aromatic rings. The highest BCUT2D eigenvalue weighted by atomic mass is 32.1. The standard InChI is InChI=1S/C19H19F3N4OS/c20-19(21,22)16-3-1-15(2-4-16)18-23-17(27-24-18)12-26-8-6-25(7-9-26)11-14-5-10-28-13-14/h1-5,10,13H,6-9,11-12H2. The maximum atomic E-state index is 12.7. The minimum atomic E-state index is -4.35. The fraction of sp³-hybridized carbons (Fsp3) is 0.368. The van der Waals surface area contributed by atoms with Gasteiger partial charge in [0.1, 0.15) is 0 Å². The Balaban J connectivity index is 1.31. The Bertz CT molecular complexity index is 885. The van der Waals surface area contributed by atoms with Crippen molar-refractivity contribution in [3.05, 3.63) is 58.1 Å². The second-order valence-corrected chi connectivity index (χ2v) is 7.55. The maximum Gasteiger partial charge on any atom is 0.416 e. The summed E-state index contributed by atoms with van der Waals surface area (Å²) in [5.41, 5.74) is 1.15. The summed E-state index contributed by atoms with van der Waals surface area (Å²) in [5, 5.41) is 8.17. The molecular formula is C19H19F3N4OS. The molecule has 1 aliphatic rings. The van der Waals surface area contributed by atoms with Gasteiger partial charge >= 0.3 is 6.18 Å². The zero-order chi connectivity index (χ0) is 19.6. The molecule has 148 valence electrons. The molecule has 1 aromatic carbocycles. The van der Waals surface area contributed by atoms with E-state index < -0.39 is 11.7 Å². The molecule has 1 fully saturated rings. The molecule has 0 unspecified atom stereocenters. The highest BCUT2D eigenvalue weighted by Crippen LogP contribution is 2.30. The second kappa shape index (κ2) is 8.02. The average Bonchev–Trinajstić information content (AvgIpc) is 3.35. The topological polar surface area (TPSA) is 45.4 Å². The summed E-state index contributed by atoms with van der Waals surface area (Å²) >= 11 is 1.71. The quantitative estimate of drug-likeness (QED) is 0.635. The van der Waals surface area contributed by atoms with Crippen molar-refractivity contribution in [2.45, 2.75) is 19.3 Å². The monoisotopic (exact) mass is 408 g/mol. The molecule has 3 heterocycles. The summed E-state index contributed by atoms with van der Waals surface area (Å²) < 4.78 is 43.3. The molecule has 0 N–H and O–H groups in total. The summed E-state index contributed by atoms with van der Waals surface area (Å²) in [4.78, 5) is 8.99. The predicted octanol–water partition coefficient (Wildman–Crippen LogP) is 4.13. The number of thiophene rings is 1. The van der Waals surface area contributed by atoms with E-state index in [4.69, 9.17) is 4.52 Å². The van der Waals surface area contributed by atoms with Crippen molar-refractivity contribution in [2.24, 2.45) is 0 Å². The number of nitrogens with zero attached hydrogens (tertiary/aromatic N) is 4. The SMILES string of the molecule is FC(F)(F)c1ccc(-c2noc(CN3CCN(Cc4ccsc4)CC3)n2)cc1. The molecule has 9 heteroatoms. The van der Waals surface area contributed by atoms with Crippen molar-refractivity contribution < 1.29 is 17.7 Å². The Hall–Kier alpha value is -2.23. The van der Waals surface area contributed by atoms with E-state index in [1.807, 2.05) is 0 Å². The number of alkyl halides is 3. The van der Waals surface area contributed by atoms with Crippen LogP contribution in [0.25, 0.3) is 11.4 Å². The van der Waals surface area contributed by atoms with E-state index >= 15 is 0 Å². The molecule has 0 amide bonds. The largest absolute Gasteiger partial charge is 0.416 e. The first-order chi connectivity index (χ1) is 13.5. The van der Waals surface area contributed by atoms with Gasteiger partial charge < -0.3 is 4.52 Å². The molecule has 0 atom stereocenters. The highest BCUT2D eigenvalue weighted by Gasteiger charge is 2.30. The van der Waals surface area contributed by atoms with Gasteiger partial charge in [0.2, 0.25) is 11.7 Å². The van der Waals surface area contributed by atoms with E-state index in [0.29, 0.717) is 23.8 Å². The molecule has 28 heavy (non-hydrogen) atoms. The minimum Gasteiger partial charge on any atom is -0.338 e. The fourth-order valence-corrected chi connectivity index (χ4v) is 3.84. The molecule has 0 aliphatic carbocycles. The lowest BCUT2D eigenvalue weighted by molar-refractivity contribution is -0.137. The average molecular weight is 408 g/mol. The number of rotatable bonds is 5. The van der Waals surface area contributed by atoms with Gasteiger partial charge in [0.15, 0.2) is 0 Å². The van der Waals surface area contributed by atoms with Crippen molar-refractivity contribution in [2.75, 3.05) is 26.2 Å². The Morgan fingerprint density at radius 3 is 2.25 bits per heavy atom. The van der Waals surface area contributed by atoms with Crippen LogP contribution in [0, 0.1) is 0 Å². The Kier molecular flexibility index (Phi) is 5.47. The molecule has 0 radical (unpaired) electrons. The summed E-state index contributed by atoms with van der Waals surface area (Å²) in [6, 6.07) is 6.93. The fourth-order valence-electron chi connectivity index (χ4n) is 3.18. The molecule has 0 saturated carbocycles. The van der Waals surface area contributed by atoms with Crippen LogP contribution in [0.2, 0.25) is 0 Å². The van der Waals surface area contributed by atoms with E-state index in [2.05, 4.69) is 36.8 Å². The van der Waals surface area contributed by atoms with Crippen LogP contribution in [0.15, 0.2) is 45.6 Å². The zero-order valence-corrected chi connectivity index (χ0v) is 15.8. The first-order valence-electron chi connectivity index (χ1n) is 8.93. The summed E-state index contributed by atoms with van der Waals surface area (Å²) in [6.07, 6.45) is -4.35. The first-order valence-corrected chi connectivity index (χ1v) is 9.88. The Labute approximate surface area is 164 Å². The zero-order valence-electron chi connectivity index (χ0n) is 15.0. The number of hydrogen-bond acceptors (Lipinski definition) is 6. The van der Waals surface area contributed by atoms with Crippen LogP contribution >= 0.6 is 11.3 Å². The van der Waals surface area contributed by atoms with E-state index in [-0.39, 0.29) is 0 Å². The Morgan fingerprint density at radius 1 is 0.964 bits per heavy atom. The van der Waals surface area contributed by atoms with Crippen molar-refractivity contribution in [3.8, 4) is 11.4 Å². The van der Waals surface area contributed by atoms with Crippen molar-refractivity contribution in [1.29, 1.82) is 0 Å². The molecule has 0 spiro atoms. The molecule has 1 aliphatic heterocycles. The van der Waals surface area contributed by atoms with Crippen LogP contribution in [0.5, 0.6) is 0 Å². The minimum absolute atomic E-state index is 0.305. The molecule has 1 saturated heterocycles. The third-order valence-electron chi connectivity index (χ3n) is 4.75. The second-order valence-electron chi connectivity index (χ2n) is 6.77. The van der Waals surface area contributed by atoms with Crippen LogP contribution in [-0.4, -0.2) is 46.1 Å². The molecule has 4 rings (SSSR count). The Morgan fingerprint density at radius 2 is 1.64 bits per heavy atom. The van der Waals surface area contributed by atoms with Gasteiger partial charge in [-0.15, -0.1) is 0 Å². The normalized spacial score (nSPS) is 16.5. The molecular weight excluding hydrogens is 389 g/mol. The van der Waals surface area contributed by atoms with Crippen molar-refractivity contribution in [1.82, 2.24) is 19.9 Å². The summed E-state index contributed by atoms with van der Waals surface area (Å²) in [6.45, 7) is 5.26. The van der Waals surface area contributed by atoms with E-state index in [1.54, 1.807) is 11.3 Å². The summed E-state index contributed by atoms with van der Waals surface area (Å²) in [7, 11) is 0. The van der Waals surface area contributed by atoms with Crippen LogP contribution < -0.4 is 0 Å². The number of piperazine rings is 1. The smallest absolute Gasteiger partial charge is 0.338 e. The number of hydrogen-bond donors (Lipinski definition) is 0. The molecule has 0 bridgehead atoms. The van der Waals surface area contributed by atoms with E-state index in [1.165, 1.54) is 17.7 Å². The van der Waals surface area contributed by atoms with Crippen LogP contribution in [0.3, 0.4) is 0 Å².